The second kappa shape index (κ2) is 4.71. The van der Waals surface area contributed by atoms with E-state index in [0.717, 1.165) is 0 Å². The molecule has 1 rings (SSSR count). The molecule has 1 heterocycles. The predicted molar refractivity (Wildman–Crippen MR) is 57.5 cm³/mol. The molecule has 0 radical (unpaired) electrons. The standard InChI is InChI=1S/C11H18N2O3/c1-11(2,3)16-10(15)13-5-4-9(14)8(6-12)7-13/h8-9,14H,4-5,7H2,1-3H3/t8-,9-/m1/s1. The van der Waals surface area contributed by atoms with Crippen LogP contribution in [0.2, 0.25) is 0 Å². The normalized spacial score (nSPS) is 26.1. The van der Waals surface area contributed by atoms with E-state index in [2.05, 4.69) is 0 Å². The van der Waals surface area contributed by atoms with E-state index >= 15 is 0 Å². The maximum atomic E-state index is 11.7. The third-order valence-electron chi connectivity index (χ3n) is 2.39. The Bertz CT molecular complexity index is 303. The molecule has 0 spiro atoms. The quantitative estimate of drug-likeness (QED) is 0.672. The fourth-order valence-corrected chi connectivity index (χ4v) is 1.56. The zero-order valence-electron chi connectivity index (χ0n) is 9.93. The van der Waals surface area contributed by atoms with Crippen LogP contribution in [0.15, 0.2) is 0 Å². The topological polar surface area (TPSA) is 73.6 Å². The van der Waals surface area contributed by atoms with Crippen LogP contribution < -0.4 is 0 Å². The van der Waals surface area contributed by atoms with Gasteiger partial charge in [0.2, 0.25) is 0 Å². The summed E-state index contributed by atoms with van der Waals surface area (Å²) in [5, 5.41) is 18.3. The first-order valence-corrected chi connectivity index (χ1v) is 5.39. The Morgan fingerprint density at radius 3 is 2.69 bits per heavy atom. The average Bonchev–Trinajstić information content (AvgIpc) is 2.15. The number of nitriles is 1. The molecule has 1 saturated heterocycles. The molecule has 0 bridgehead atoms. The number of hydrogen-bond donors (Lipinski definition) is 1. The fourth-order valence-electron chi connectivity index (χ4n) is 1.56. The third kappa shape index (κ3) is 3.38. The molecule has 5 heteroatoms. The SMILES string of the molecule is CC(C)(C)OC(=O)N1CC[C@@H](O)[C@H](C#N)C1. The molecule has 1 fully saturated rings. The van der Waals surface area contributed by atoms with Gasteiger partial charge in [0, 0.05) is 13.1 Å². The van der Waals surface area contributed by atoms with Crippen molar-refractivity contribution in [2.75, 3.05) is 13.1 Å². The Kier molecular flexibility index (Phi) is 3.76. The number of nitrogens with zero attached hydrogens (tertiary/aromatic N) is 2. The summed E-state index contributed by atoms with van der Waals surface area (Å²) in [6, 6.07) is 2.00. The highest BCUT2D eigenvalue weighted by Crippen LogP contribution is 2.19. The van der Waals surface area contributed by atoms with Crippen molar-refractivity contribution in [1.29, 1.82) is 5.26 Å². The van der Waals surface area contributed by atoms with Crippen LogP contribution in [-0.4, -0.2) is 40.9 Å². The van der Waals surface area contributed by atoms with Crippen LogP contribution in [0.25, 0.3) is 0 Å². The van der Waals surface area contributed by atoms with Gasteiger partial charge < -0.3 is 14.7 Å². The van der Waals surface area contributed by atoms with E-state index in [1.165, 1.54) is 4.90 Å². The molecule has 1 N–H and O–H groups in total. The highest BCUT2D eigenvalue weighted by atomic mass is 16.6. The third-order valence-corrected chi connectivity index (χ3v) is 2.39. The van der Waals surface area contributed by atoms with Crippen molar-refractivity contribution in [1.82, 2.24) is 4.90 Å². The number of ether oxygens (including phenoxy) is 1. The lowest BCUT2D eigenvalue weighted by Crippen LogP contribution is -2.47. The number of carbonyl (C=O) groups excluding carboxylic acids is 1. The van der Waals surface area contributed by atoms with E-state index in [0.29, 0.717) is 13.0 Å². The summed E-state index contributed by atoms with van der Waals surface area (Å²) in [4.78, 5) is 13.2. The number of likely N-dealkylation sites (tertiary alicyclic amines) is 1. The Hall–Kier alpha value is -1.28. The van der Waals surface area contributed by atoms with Gasteiger partial charge in [-0.3, -0.25) is 0 Å². The van der Waals surface area contributed by atoms with E-state index in [1.807, 2.05) is 6.07 Å². The predicted octanol–water partition coefficient (Wildman–Crippen LogP) is 1.13. The first kappa shape index (κ1) is 12.8. The van der Waals surface area contributed by atoms with Gasteiger partial charge in [0.15, 0.2) is 0 Å². The van der Waals surface area contributed by atoms with Crippen molar-refractivity contribution in [3.8, 4) is 6.07 Å². The number of carbonyl (C=O) groups is 1. The van der Waals surface area contributed by atoms with Gasteiger partial charge >= 0.3 is 6.09 Å². The van der Waals surface area contributed by atoms with Gasteiger partial charge in [-0.05, 0) is 27.2 Å². The lowest BCUT2D eigenvalue weighted by atomic mass is 9.96. The molecule has 16 heavy (non-hydrogen) atoms. The van der Waals surface area contributed by atoms with Crippen molar-refractivity contribution in [3.63, 3.8) is 0 Å². The molecule has 2 atom stereocenters. The molecule has 0 unspecified atom stereocenters. The van der Waals surface area contributed by atoms with Crippen molar-refractivity contribution in [2.45, 2.75) is 38.9 Å². The Morgan fingerprint density at radius 1 is 1.56 bits per heavy atom. The number of rotatable bonds is 0. The summed E-state index contributed by atoms with van der Waals surface area (Å²) < 4.78 is 5.20. The highest BCUT2D eigenvalue weighted by molar-refractivity contribution is 5.68. The maximum absolute atomic E-state index is 11.7. The minimum atomic E-state index is -0.635. The van der Waals surface area contributed by atoms with Crippen LogP contribution in [0, 0.1) is 17.2 Å². The summed E-state index contributed by atoms with van der Waals surface area (Å²) in [5.74, 6) is -0.513. The second-order valence-corrected chi connectivity index (χ2v) is 5.02. The van der Waals surface area contributed by atoms with Gasteiger partial charge in [-0.1, -0.05) is 0 Å². The molecular weight excluding hydrogens is 208 g/mol. The first-order valence-electron chi connectivity index (χ1n) is 5.39. The Labute approximate surface area is 95.6 Å². The van der Waals surface area contributed by atoms with Crippen molar-refractivity contribution < 1.29 is 14.6 Å². The molecule has 0 saturated carbocycles. The zero-order chi connectivity index (χ0) is 12.3. The minimum Gasteiger partial charge on any atom is -0.444 e. The van der Waals surface area contributed by atoms with E-state index in [-0.39, 0.29) is 6.54 Å². The maximum Gasteiger partial charge on any atom is 0.410 e. The van der Waals surface area contributed by atoms with Crippen molar-refractivity contribution in [2.24, 2.45) is 5.92 Å². The van der Waals surface area contributed by atoms with E-state index in [4.69, 9.17) is 10.00 Å². The lowest BCUT2D eigenvalue weighted by molar-refractivity contribution is 0.000842. The molecule has 1 aliphatic heterocycles. The minimum absolute atomic E-state index is 0.243. The summed E-state index contributed by atoms with van der Waals surface area (Å²) >= 11 is 0. The molecule has 0 aromatic rings. The van der Waals surface area contributed by atoms with E-state index in [1.54, 1.807) is 20.8 Å². The number of amides is 1. The summed E-state index contributed by atoms with van der Waals surface area (Å²) in [7, 11) is 0. The van der Waals surface area contributed by atoms with Crippen LogP contribution in [0.4, 0.5) is 4.79 Å². The van der Waals surface area contributed by atoms with Crippen molar-refractivity contribution >= 4 is 6.09 Å². The number of aliphatic hydroxyl groups is 1. The summed E-state index contributed by atoms with van der Waals surface area (Å²) in [5.41, 5.74) is -0.532. The molecule has 5 nitrogen and oxygen atoms in total. The Balaban J connectivity index is 2.56. The van der Waals surface area contributed by atoms with Gasteiger partial charge in [-0.25, -0.2) is 4.79 Å². The van der Waals surface area contributed by atoms with Crippen molar-refractivity contribution in [3.05, 3.63) is 0 Å². The molecular formula is C11H18N2O3. The fraction of sp³-hybridized carbons (Fsp3) is 0.818. The van der Waals surface area contributed by atoms with Gasteiger partial charge in [0.25, 0.3) is 0 Å². The van der Waals surface area contributed by atoms with E-state index in [9.17, 15) is 9.90 Å². The zero-order valence-corrected chi connectivity index (χ0v) is 9.93. The van der Waals surface area contributed by atoms with Crippen LogP contribution >= 0.6 is 0 Å². The largest absolute Gasteiger partial charge is 0.444 e. The van der Waals surface area contributed by atoms with Crippen LogP contribution in [0.1, 0.15) is 27.2 Å². The van der Waals surface area contributed by atoms with E-state index < -0.39 is 23.7 Å². The summed E-state index contributed by atoms with van der Waals surface area (Å²) in [6.07, 6.45) is -0.624. The number of piperidine rings is 1. The average molecular weight is 226 g/mol. The van der Waals surface area contributed by atoms with Crippen LogP contribution in [0.5, 0.6) is 0 Å². The number of hydrogen-bond acceptors (Lipinski definition) is 4. The lowest BCUT2D eigenvalue weighted by Gasteiger charge is -2.34. The second-order valence-electron chi connectivity index (χ2n) is 5.02. The van der Waals surface area contributed by atoms with Crippen LogP contribution in [0.3, 0.4) is 0 Å². The van der Waals surface area contributed by atoms with Gasteiger partial charge in [0.05, 0.1) is 18.1 Å². The monoisotopic (exact) mass is 226 g/mol. The molecule has 0 aliphatic carbocycles. The first-order chi connectivity index (χ1) is 7.33. The van der Waals surface area contributed by atoms with Gasteiger partial charge in [-0.15, -0.1) is 0 Å². The van der Waals surface area contributed by atoms with Gasteiger partial charge in [0.1, 0.15) is 5.60 Å². The highest BCUT2D eigenvalue weighted by Gasteiger charge is 2.32. The van der Waals surface area contributed by atoms with Gasteiger partial charge in [-0.2, -0.15) is 5.26 Å². The van der Waals surface area contributed by atoms with Crippen LogP contribution in [-0.2, 0) is 4.74 Å². The molecule has 0 aromatic heterocycles. The molecule has 90 valence electrons. The Morgan fingerprint density at radius 2 is 2.19 bits per heavy atom. The molecule has 1 aliphatic rings. The molecule has 0 aromatic carbocycles. The summed E-state index contributed by atoms with van der Waals surface area (Å²) in [6.45, 7) is 6.07. The smallest absolute Gasteiger partial charge is 0.410 e. The number of aliphatic hydroxyl groups excluding tert-OH is 1. The molecule has 1 amide bonds.